The second-order valence-corrected chi connectivity index (χ2v) is 12.6. The normalized spacial score (nSPS) is 14.5. The number of nitrogens with zero attached hydrogens (tertiary/aromatic N) is 1. The number of hydrogen-bond donors (Lipinski definition) is 0. The zero-order valence-corrected chi connectivity index (χ0v) is 29.1. The van der Waals surface area contributed by atoms with Crippen LogP contribution in [0.1, 0.15) is 52.8 Å². The summed E-state index contributed by atoms with van der Waals surface area (Å²) < 4.78 is 0. The average Bonchev–Trinajstić information content (AvgIpc) is 3.55. The topological polar surface area (TPSA) is 12.4 Å². The largest absolute Gasteiger partial charge is 0.248 e. The number of aryl methyl sites for hydroxylation is 3. The number of benzene rings is 4. The highest BCUT2D eigenvalue weighted by Gasteiger charge is 2.12. The third kappa shape index (κ3) is 10.0. The summed E-state index contributed by atoms with van der Waals surface area (Å²) in [5.74, 6) is 1.02. The quantitative estimate of drug-likeness (QED) is 0.132. The van der Waals surface area contributed by atoms with E-state index in [4.69, 9.17) is 4.99 Å². The predicted molar refractivity (Wildman–Crippen MR) is 210 cm³/mol. The maximum atomic E-state index is 4.90. The molecule has 4 aromatic carbocycles. The molecule has 0 N–H and O–H groups in total. The third-order valence-corrected chi connectivity index (χ3v) is 8.94. The first-order valence-corrected chi connectivity index (χ1v) is 17.0. The minimum atomic E-state index is 0.773. The fourth-order valence-electron chi connectivity index (χ4n) is 5.11. The Kier molecular flexibility index (Phi) is 13.2. The molecule has 0 fully saturated rings. The molecule has 1 aliphatic heterocycles. The second-order valence-electron chi connectivity index (χ2n) is 11.5. The Balaban J connectivity index is 0.000000213. The Morgan fingerprint density at radius 1 is 0.745 bits per heavy atom. The van der Waals surface area contributed by atoms with Crippen molar-refractivity contribution in [2.45, 2.75) is 34.6 Å². The summed E-state index contributed by atoms with van der Waals surface area (Å²) >= 11 is 1.89. The monoisotopic (exact) mass is 631 g/mol. The van der Waals surface area contributed by atoms with Crippen molar-refractivity contribution in [3.05, 3.63) is 214 Å². The summed E-state index contributed by atoms with van der Waals surface area (Å²) in [6.07, 6.45) is 14.9. The van der Waals surface area contributed by atoms with E-state index in [9.17, 15) is 0 Å². The van der Waals surface area contributed by atoms with Crippen LogP contribution in [0.4, 0.5) is 0 Å². The van der Waals surface area contributed by atoms with E-state index >= 15 is 0 Å². The first-order chi connectivity index (χ1) is 22.8. The molecular weight excluding hydrogens is 587 g/mol. The van der Waals surface area contributed by atoms with Crippen molar-refractivity contribution in [2.24, 2.45) is 4.99 Å². The van der Waals surface area contributed by atoms with E-state index in [0.29, 0.717) is 0 Å². The Morgan fingerprint density at radius 3 is 1.98 bits per heavy atom. The molecule has 0 radical (unpaired) electrons. The fourth-order valence-corrected chi connectivity index (χ4v) is 6.02. The fraction of sp³-hybridized carbons (Fsp3) is 0.133. The maximum Gasteiger partial charge on any atom is 0.0784 e. The van der Waals surface area contributed by atoms with Gasteiger partial charge in [0, 0.05) is 21.8 Å². The minimum absolute atomic E-state index is 0.773. The highest BCUT2D eigenvalue weighted by atomic mass is 32.2. The van der Waals surface area contributed by atoms with Crippen molar-refractivity contribution in [1.82, 2.24) is 0 Å². The van der Waals surface area contributed by atoms with Crippen molar-refractivity contribution in [2.75, 3.05) is 5.75 Å². The van der Waals surface area contributed by atoms with Crippen LogP contribution in [0.25, 0.3) is 11.3 Å². The lowest BCUT2D eigenvalue weighted by Crippen LogP contribution is -2.06. The summed E-state index contributed by atoms with van der Waals surface area (Å²) in [5, 5.41) is 0. The van der Waals surface area contributed by atoms with Gasteiger partial charge in [-0.05, 0) is 91.8 Å². The highest BCUT2D eigenvalue weighted by molar-refractivity contribution is 8.03. The van der Waals surface area contributed by atoms with Gasteiger partial charge < -0.3 is 0 Å². The van der Waals surface area contributed by atoms with E-state index in [1.54, 1.807) is 0 Å². The van der Waals surface area contributed by atoms with E-state index in [1.807, 2.05) is 61.2 Å². The molecule has 0 saturated heterocycles. The molecule has 236 valence electrons. The Labute approximate surface area is 286 Å². The van der Waals surface area contributed by atoms with Crippen molar-refractivity contribution in [3.8, 4) is 0 Å². The molecule has 0 spiro atoms. The lowest BCUT2D eigenvalue weighted by atomic mass is 9.95. The van der Waals surface area contributed by atoms with Gasteiger partial charge in [0.1, 0.15) is 0 Å². The van der Waals surface area contributed by atoms with Gasteiger partial charge in [-0.3, -0.25) is 0 Å². The van der Waals surface area contributed by atoms with Gasteiger partial charge in [-0.15, -0.1) is 11.8 Å². The lowest BCUT2D eigenvalue weighted by Gasteiger charge is -2.12. The van der Waals surface area contributed by atoms with Gasteiger partial charge in [0.15, 0.2) is 0 Å². The number of hydrogen-bond acceptors (Lipinski definition) is 2. The molecule has 2 heteroatoms. The molecule has 47 heavy (non-hydrogen) atoms. The Hall–Kier alpha value is -4.92. The summed E-state index contributed by atoms with van der Waals surface area (Å²) in [7, 11) is 0. The van der Waals surface area contributed by atoms with Gasteiger partial charge >= 0.3 is 0 Å². The van der Waals surface area contributed by atoms with Crippen LogP contribution in [0.5, 0.6) is 0 Å². The van der Waals surface area contributed by atoms with Crippen molar-refractivity contribution in [3.63, 3.8) is 0 Å². The van der Waals surface area contributed by atoms with Crippen LogP contribution in [0.15, 0.2) is 180 Å². The highest BCUT2D eigenvalue weighted by Crippen LogP contribution is 2.33. The molecule has 1 heterocycles. The van der Waals surface area contributed by atoms with Crippen LogP contribution in [-0.2, 0) is 0 Å². The number of thioether (sulfide) groups is 1. The van der Waals surface area contributed by atoms with Gasteiger partial charge in [-0.2, -0.15) is 0 Å². The van der Waals surface area contributed by atoms with E-state index in [2.05, 4.69) is 144 Å². The van der Waals surface area contributed by atoms with E-state index in [0.717, 1.165) is 33.9 Å². The van der Waals surface area contributed by atoms with Crippen LogP contribution in [-0.4, -0.2) is 11.5 Å². The Morgan fingerprint density at radius 2 is 1.36 bits per heavy atom. The molecule has 4 aromatic rings. The van der Waals surface area contributed by atoms with Crippen LogP contribution in [0.2, 0.25) is 0 Å². The lowest BCUT2D eigenvalue weighted by molar-refractivity contribution is 1.40. The van der Waals surface area contributed by atoms with Crippen molar-refractivity contribution < 1.29 is 0 Å². The molecule has 0 unspecified atom stereocenters. The molecule has 0 atom stereocenters. The smallest absolute Gasteiger partial charge is 0.0784 e. The summed E-state index contributed by atoms with van der Waals surface area (Å²) in [4.78, 5) is 6.21. The van der Waals surface area contributed by atoms with Gasteiger partial charge in [0.2, 0.25) is 0 Å². The molecule has 0 saturated carbocycles. The van der Waals surface area contributed by atoms with Gasteiger partial charge in [0.25, 0.3) is 0 Å². The predicted octanol–water partition coefficient (Wildman–Crippen LogP) is 12.5. The standard InChI is InChI=1S/C23H21N.C22H24S/c1-17-13-15-21(16-14-17)23(22-12-8-7-9-18(22)2)24-19(3)20-10-5-4-6-11-20;1-5-7-8-12-20-14-19(16-23-20)15-22(17(3)6-2)21-13-10-9-11-18(21)4/h4-16H,3H2,1-2H3;5-15H,2,16H2,1,3-4H3/b;7-5-,12-8-,19-15-,22-17+. The van der Waals surface area contributed by atoms with Crippen LogP contribution in [0.3, 0.4) is 0 Å². The SMILES string of the molecule is C=C(N=C(c1ccc(C)cc1)c1ccccc1C)c1ccccc1.C=C/C(C)=C(\C=C1C=C(/C=C\C=C/C)SC\1)c1ccccc1C. The van der Waals surface area contributed by atoms with Crippen LogP contribution < -0.4 is 0 Å². The van der Waals surface area contributed by atoms with Crippen LogP contribution >= 0.6 is 11.8 Å². The average molecular weight is 632 g/mol. The third-order valence-electron chi connectivity index (χ3n) is 7.87. The zero-order valence-electron chi connectivity index (χ0n) is 28.3. The van der Waals surface area contributed by atoms with Gasteiger partial charge in [0.05, 0.1) is 11.4 Å². The molecule has 0 aliphatic carbocycles. The Bertz CT molecular complexity index is 1880. The number of aliphatic imine (C=N–C) groups is 1. The second kappa shape index (κ2) is 17.7. The van der Waals surface area contributed by atoms with Crippen molar-refractivity contribution in [1.29, 1.82) is 0 Å². The summed E-state index contributed by atoms with van der Waals surface area (Å²) in [6, 6.07) is 35.5. The molecule has 0 bridgehead atoms. The van der Waals surface area contributed by atoms with Crippen LogP contribution in [0, 0.1) is 20.8 Å². The molecule has 1 aliphatic rings. The van der Waals surface area contributed by atoms with Crippen molar-refractivity contribution >= 4 is 28.7 Å². The zero-order chi connectivity index (χ0) is 33.6. The van der Waals surface area contributed by atoms with E-state index < -0.39 is 0 Å². The molecule has 5 rings (SSSR count). The molecule has 0 amide bonds. The van der Waals surface area contributed by atoms with Gasteiger partial charge in [-0.25, -0.2) is 4.99 Å². The molecular formula is C45H45NS. The molecule has 1 nitrogen and oxygen atoms in total. The number of allylic oxidation sites excluding steroid dienone is 9. The first-order valence-electron chi connectivity index (χ1n) is 16.0. The summed E-state index contributed by atoms with van der Waals surface area (Å²) in [6.45, 7) is 18.7. The summed E-state index contributed by atoms with van der Waals surface area (Å²) in [5.41, 5.74) is 13.9. The van der Waals surface area contributed by atoms with E-state index in [1.165, 1.54) is 43.9 Å². The number of rotatable bonds is 9. The van der Waals surface area contributed by atoms with Gasteiger partial charge in [-0.1, -0.05) is 146 Å². The minimum Gasteiger partial charge on any atom is -0.248 e. The van der Waals surface area contributed by atoms with E-state index in [-0.39, 0.29) is 0 Å². The first kappa shape index (κ1) is 34.9. The maximum absolute atomic E-state index is 4.90. The molecule has 0 aromatic heterocycles.